The van der Waals surface area contributed by atoms with Crippen LogP contribution in [0.2, 0.25) is 0 Å². The van der Waals surface area contributed by atoms with Crippen molar-refractivity contribution in [1.82, 2.24) is 4.98 Å². The molecule has 0 aliphatic rings. The highest BCUT2D eigenvalue weighted by Gasteiger charge is 2.18. The molecule has 0 radical (unpaired) electrons. The molecule has 4 nitrogen and oxygen atoms in total. The highest BCUT2D eigenvalue weighted by Crippen LogP contribution is 2.24. The van der Waals surface area contributed by atoms with Crippen LogP contribution < -0.4 is 10.5 Å². The van der Waals surface area contributed by atoms with Crippen molar-refractivity contribution in [1.29, 1.82) is 0 Å². The van der Waals surface area contributed by atoms with E-state index in [4.69, 9.17) is 10.5 Å². The van der Waals surface area contributed by atoms with E-state index in [0.29, 0.717) is 11.5 Å². The first-order chi connectivity index (χ1) is 8.24. The van der Waals surface area contributed by atoms with E-state index in [1.165, 1.54) is 0 Å². The fourth-order valence-electron chi connectivity index (χ4n) is 1.84. The van der Waals surface area contributed by atoms with Crippen LogP contribution in [0.3, 0.4) is 0 Å². The van der Waals surface area contributed by atoms with E-state index in [0.717, 1.165) is 22.6 Å². The molecule has 0 fully saturated rings. The molecule has 0 bridgehead atoms. The molecule has 1 atom stereocenters. The third kappa shape index (κ3) is 4.07. The zero-order valence-corrected chi connectivity index (χ0v) is 12.6. The van der Waals surface area contributed by atoms with Crippen molar-refractivity contribution < 1.29 is 8.95 Å². The van der Waals surface area contributed by atoms with Crippen molar-refractivity contribution in [2.75, 3.05) is 12.9 Å². The maximum Gasteiger partial charge on any atom is 0.128 e. The topological polar surface area (TPSA) is 65.2 Å². The lowest BCUT2D eigenvalue weighted by Crippen LogP contribution is -2.38. The second kappa shape index (κ2) is 5.80. The van der Waals surface area contributed by atoms with Crippen molar-refractivity contribution in [3.63, 3.8) is 0 Å². The molecule has 102 valence electrons. The molecule has 5 heteroatoms. The number of hydrogen-bond acceptors (Lipinski definition) is 4. The van der Waals surface area contributed by atoms with Gasteiger partial charge in [-0.2, -0.15) is 0 Å². The summed E-state index contributed by atoms with van der Waals surface area (Å²) in [6, 6.07) is 0. The molecule has 1 heterocycles. The number of nitrogens with two attached hydrogens (primary N) is 1. The van der Waals surface area contributed by atoms with E-state index >= 15 is 0 Å². The molecule has 0 saturated heterocycles. The zero-order chi connectivity index (χ0) is 13.9. The lowest BCUT2D eigenvalue weighted by Gasteiger charge is -2.18. The minimum Gasteiger partial charge on any atom is -0.496 e. The van der Waals surface area contributed by atoms with Crippen LogP contribution in [0.1, 0.15) is 30.7 Å². The van der Waals surface area contributed by atoms with Gasteiger partial charge in [0.15, 0.2) is 0 Å². The number of ether oxygens (including phenoxy) is 1. The summed E-state index contributed by atoms with van der Waals surface area (Å²) >= 11 is 0. The van der Waals surface area contributed by atoms with Crippen LogP contribution in [-0.4, -0.2) is 27.6 Å². The smallest absolute Gasteiger partial charge is 0.128 e. The minimum atomic E-state index is -1.01. The summed E-state index contributed by atoms with van der Waals surface area (Å²) in [5.74, 6) is 1.71. The van der Waals surface area contributed by atoms with Gasteiger partial charge >= 0.3 is 0 Å². The van der Waals surface area contributed by atoms with Crippen LogP contribution in [0.25, 0.3) is 0 Å². The highest BCUT2D eigenvalue weighted by atomic mass is 32.2. The van der Waals surface area contributed by atoms with Crippen LogP contribution in [0.5, 0.6) is 5.75 Å². The molecule has 0 aliphatic heterocycles. The lowest BCUT2D eigenvalue weighted by atomic mass is 10.1. The first-order valence-corrected chi connectivity index (χ1v) is 7.36. The SMILES string of the molecule is COc1c(C)cnc(CS(=O)CC(C)(C)N)c1C. The molecular weight excluding hydrogens is 248 g/mol. The van der Waals surface area contributed by atoms with Crippen molar-refractivity contribution in [3.8, 4) is 5.75 Å². The Kier molecular flexibility index (Phi) is 4.87. The van der Waals surface area contributed by atoms with Crippen molar-refractivity contribution >= 4 is 10.8 Å². The van der Waals surface area contributed by atoms with Crippen LogP contribution >= 0.6 is 0 Å². The highest BCUT2D eigenvalue weighted by molar-refractivity contribution is 7.84. The van der Waals surface area contributed by atoms with Gasteiger partial charge in [0.1, 0.15) is 5.75 Å². The van der Waals surface area contributed by atoms with Gasteiger partial charge in [-0.05, 0) is 27.7 Å². The standard InChI is InChI=1S/C13H22N2O2S/c1-9-6-15-11(10(2)12(9)17-5)7-18(16)8-13(3,4)14/h6H,7-8,14H2,1-5H3. The van der Waals surface area contributed by atoms with Crippen LogP contribution in [0.4, 0.5) is 0 Å². The van der Waals surface area contributed by atoms with E-state index in [1.54, 1.807) is 13.3 Å². The quantitative estimate of drug-likeness (QED) is 0.884. The molecule has 0 saturated carbocycles. The molecule has 18 heavy (non-hydrogen) atoms. The molecule has 2 N–H and O–H groups in total. The second-order valence-corrected chi connectivity index (χ2v) is 6.72. The van der Waals surface area contributed by atoms with Gasteiger partial charge in [-0.15, -0.1) is 0 Å². The number of pyridine rings is 1. The van der Waals surface area contributed by atoms with Crippen LogP contribution in [-0.2, 0) is 16.6 Å². The summed E-state index contributed by atoms with van der Waals surface area (Å²) in [4.78, 5) is 4.34. The van der Waals surface area contributed by atoms with Crippen molar-refractivity contribution in [2.45, 2.75) is 39.0 Å². The average molecular weight is 270 g/mol. The summed E-state index contributed by atoms with van der Waals surface area (Å²) in [6.45, 7) is 7.64. The van der Waals surface area contributed by atoms with Gasteiger partial charge in [-0.1, -0.05) is 0 Å². The maximum absolute atomic E-state index is 12.0. The average Bonchev–Trinajstić information content (AvgIpc) is 2.20. The van der Waals surface area contributed by atoms with E-state index in [2.05, 4.69) is 4.98 Å². The Morgan fingerprint density at radius 2 is 2.06 bits per heavy atom. The Morgan fingerprint density at radius 3 is 2.56 bits per heavy atom. The summed E-state index contributed by atoms with van der Waals surface area (Å²) < 4.78 is 17.4. The Morgan fingerprint density at radius 1 is 1.44 bits per heavy atom. The number of aryl methyl sites for hydroxylation is 1. The molecule has 0 aromatic carbocycles. The number of hydrogen-bond donors (Lipinski definition) is 1. The molecule has 0 aliphatic carbocycles. The maximum atomic E-state index is 12.0. The molecule has 1 rings (SSSR count). The van der Waals surface area contributed by atoms with Crippen molar-refractivity contribution in [2.24, 2.45) is 5.73 Å². The number of rotatable bonds is 5. The number of nitrogens with zero attached hydrogens (tertiary/aromatic N) is 1. The Bertz CT molecular complexity index is 453. The van der Waals surface area contributed by atoms with Crippen LogP contribution in [0.15, 0.2) is 6.20 Å². The Balaban J connectivity index is 2.89. The summed E-state index contributed by atoms with van der Waals surface area (Å²) in [6.07, 6.45) is 1.76. The van der Waals surface area contributed by atoms with Crippen LogP contribution in [0, 0.1) is 13.8 Å². The third-order valence-electron chi connectivity index (χ3n) is 2.58. The van der Waals surface area contributed by atoms with Gasteiger partial charge < -0.3 is 10.5 Å². The Labute approximate surface area is 111 Å². The van der Waals surface area contributed by atoms with Gasteiger partial charge in [0.25, 0.3) is 0 Å². The van der Waals surface area contributed by atoms with Gasteiger partial charge in [-0.25, -0.2) is 0 Å². The number of aromatic nitrogens is 1. The van der Waals surface area contributed by atoms with E-state index in [1.807, 2.05) is 27.7 Å². The second-order valence-electron chi connectivity index (χ2n) is 5.26. The van der Waals surface area contributed by atoms with Gasteiger partial charge in [-0.3, -0.25) is 9.19 Å². The fourth-order valence-corrected chi connectivity index (χ4v) is 3.36. The predicted octanol–water partition coefficient (Wildman–Crippen LogP) is 1.69. The van der Waals surface area contributed by atoms with Gasteiger partial charge in [0.05, 0.1) is 18.6 Å². The Hall–Kier alpha value is -0.940. The molecule has 1 aromatic heterocycles. The molecule has 0 amide bonds. The first kappa shape index (κ1) is 15.1. The molecule has 1 aromatic rings. The number of methoxy groups -OCH3 is 1. The minimum absolute atomic E-state index is 0.420. The largest absolute Gasteiger partial charge is 0.496 e. The molecule has 1 unspecified atom stereocenters. The normalized spacial score (nSPS) is 13.4. The lowest BCUT2D eigenvalue weighted by molar-refractivity contribution is 0.407. The first-order valence-electron chi connectivity index (χ1n) is 5.87. The fraction of sp³-hybridized carbons (Fsp3) is 0.615. The monoisotopic (exact) mass is 270 g/mol. The summed E-state index contributed by atoms with van der Waals surface area (Å²) in [7, 11) is 0.627. The predicted molar refractivity (Wildman–Crippen MR) is 75.2 cm³/mol. The van der Waals surface area contributed by atoms with E-state index in [9.17, 15) is 4.21 Å². The summed E-state index contributed by atoms with van der Waals surface area (Å²) in [5.41, 5.74) is 8.22. The third-order valence-corrected chi connectivity index (χ3v) is 4.24. The van der Waals surface area contributed by atoms with Gasteiger partial charge in [0, 0.05) is 39.4 Å². The van der Waals surface area contributed by atoms with E-state index in [-0.39, 0.29) is 0 Å². The van der Waals surface area contributed by atoms with Gasteiger partial charge in [0.2, 0.25) is 0 Å². The summed E-state index contributed by atoms with van der Waals surface area (Å²) in [5, 5.41) is 0. The molecular formula is C13H22N2O2S. The van der Waals surface area contributed by atoms with Crippen molar-refractivity contribution in [3.05, 3.63) is 23.0 Å². The molecule has 0 spiro atoms. The zero-order valence-electron chi connectivity index (χ0n) is 11.7. The van der Waals surface area contributed by atoms with E-state index < -0.39 is 16.3 Å².